The van der Waals surface area contributed by atoms with Crippen molar-refractivity contribution in [3.63, 3.8) is 0 Å². The minimum Gasteiger partial charge on any atom is -0.472 e. The van der Waals surface area contributed by atoms with Gasteiger partial charge in [0.15, 0.2) is 0 Å². The Morgan fingerprint density at radius 1 is 1.19 bits per heavy atom. The summed E-state index contributed by atoms with van der Waals surface area (Å²) in [7, 11) is 1.70. The van der Waals surface area contributed by atoms with Gasteiger partial charge in [-0.2, -0.15) is 0 Å². The van der Waals surface area contributed by atoms with E-state index >= 15 is 0 Å². The average Bonchev–Trinajstić information content (AvgIpc) is 2.47. The van der Waals surface area contributed by atoms with Gasteiger partial charge in [0.1, 0.15) is 6.61 Å². The molecule has 1 aromatic heterocycles. The van der Waals surface area contributed by atoms with E-state index in [9.17, 15) is 8.78 Å². The summed E-state index contributed by atoms with van der Waals surface area (Å²) < 4.78 is 31.9. The second kappa shape index (κ2) is 6.52. The lowest BCUT2D eigenvalue weighted by atomic mass is 10.1. The predicted molar refractivity (Wildman–Crippen MR) is 79.0 cm³/mol. The molecule has 0 radical (unpaired) electrons. The van der Waals surface area contributed by atoms with Crippen molar-refractivity contribution < 1.29 is 13.5 Å². The van der Waals surface area contributed by atoms with E-state index in [0.717, 1.165) is 11.3 Å². The second-order valence-corrected chi connectivity index (χ2v) is 4.79. The first-order chi connectivity index (χ1) is 10.0. The van der Waals surface area contributed by atoms with Gasteiger partial charge in [-0.3, -0.25) is 0 Å². The standard InChI is InChI=1S/C16H18F2N2O/c1-10-7-8-11(2)20-16(10)21-9-13-12(15(17)18)5-4-6-14(13)19-3/h4-8,15,19H,9H2,1-3H3. The van der Waals surface area contributed by atoms with Gasteiger partial charge in [0.25, 0.3) is 6.43 Å². The zero-order valence-corrected chi connectivity index (χ0v) is 12.3. The number of hydrogen-bond acceptors (Lipinski definition) is 3. The van der Waals surface area contributed by atoms with E-state index in [1.807, 2.05) is 26.0 Å². The lowest BCUT2D eigenvalue weighted by Gasteiger charge is -2.15. The highest BCUT2D eigenvalue weighted by molar-refractivity contribution is 5.54. The molecule has 0 fully saturated rings. The molecule has 0 aliphatic rings. The monoisotopic (exact) mass is 292 g/mol. The van der Waals surface area contributed by atoms with Crippen molar-refractivity contribution in [3.05, 3.63) is 52.7 Å². The number of pyridine rings is 1. The maximum absolute atomic E-state index is 13.1. The molecule has 0 saturated carbocycles. The third-order valence-electron chi connectivity index (χ3n) is 3.26. The van der Waals surface area contributed by atoms with Crippen molar-refractivity contribution in [2.75, 3.05) is 12.4 Å². The van der Waals surface area contributed by atoms with Crippen LogP contribution in [-0.4, -0.2) is 12.0 Å². The molecule has 21 heavy (non-hydrogen) atoms. The Bertz CT molecular complexity index is 630. The molecule has 0 aliphatic heterocycles. The number of rotatable bonds is 5. The Morgan fingerprint density at radius 3 is 2.62 bits per heavy atom. The molecule has 1 N–H and O–H groups in total. The molecular weight excluding hydrogens is 274 g/mol. The summed E-state index contributed by atoms with van der Waals surface area (Å²) in [6.45, 7) is 3.78. The van der Waals surface area contributed by atoms with Gasteiger partial charge >= 0.3 is 0 Å². The van der Waals surface area contributed by atoms with Crippen LogP contribution in [0.1, 0.15) is 28.8 Å². The van der Waals surface area contributed by atoms with Crippen LogP contribution in [0.2, 0.25) is 0 Å². The zero-order valence-electron chi connectivity index (χ0n) is 12.3. The van der Waals surface area contributed by atoms with Crippen LogP contribution in [0.15, 0.2) is 30.3 Å². The Balaban J connectivity index is 2.29. The van der Waals surface area contributed by atoms with Crippen LogP contribution in [0.3, 0.4) is 0 Å². The first-order valence-electron chi connectivity index (χ1n) is 6.67. The van der Waals surface area contributed by atoms with Crippen molar-refractivity contribution in [2.24, 2.45) is 0 Å². The number of aromatic nitrogens is 1. The van der Waals surface area contributed by atoms with Gasteiger partial charge in [-0.25, -0.2) is 13.8 Å². The highest BCUT2D eigenvalue weighted by Gasteiger charge is 2.16. The number of alkyl halides is 2. The van der Waals surface area contributed by atoms with Crippen LogP contribution >= 0.6 is 0 Å². The van der Waals surface area contributed by atoms with Crippen LogP contribution in [0.25, 0.3) is 0 Å². The maximum atomic E-state index is 13.1. The summed E-state index contributed by atoms with van der Waals surface area (Å²) in [5.74, 6) is 0.473. The highest BCUT2D eigenvalue weighted by atomic mass is 19.3. The molecule has 0 atom stereocenters. The molecule has 0 saturated heterocycles. The molecule has 3 nitrogen and oxygen atoms in total. The van der Waals surface area contributed by atoms with Gasteiger partial charge in [-0.05, 0) is 26.0 Å². The summed E-state index contributed by atoms with van der Waals surface area (Å²) in [6, 6.07) is 8.55. The molecule has 2 rings (SSSR count). The number of ether oxygens (including phenoxy) is 1. The topological polar surface area (TPSA) is 34.1 Å². The van der Waals surface area contributed by atoms with Crippen molar-refractivity contribution in [1.82, 2.24) is 4.98 Å². The Morgan fingerprint density at radius 2 is 1.95 bits per heavy atom. The number of hydrogen-bond donors (Lipinski definition) is 1. The van der Waals surface area contributed by atoms with Gasteiger partial charge < -0.3 is 10.1 Å². The van der Waals surface area contributed by atoms with Crippen molar-refractivity contribution in [1.29, 1.82) is 0 Å². The van der Waals surface area contributed by atoms with Crippen molar-refractivity contribution in [3.8, 4) is 5.88 Å². The molecule has 0 aliphatic carbocycles. The van der Waals surface area contributed by atoms with Gasteiger partial charge in [0.2, 0.25) is 5.88 Å². The summed E-state index contributed by atoms with van der Waals surface area (Å²) >= 11 is 0. The Hall–Kier alpha value is -2.17. The third-order valence-corrected chi connectivity index (χ3v) is 3.26. The summed E-state index contributed by atoms with van der Waals surface area (Å²) in [5, 5.41) is 2.92. The zero-order chi connectivity index (χ0) is 15.4. The van der Waals surface area contributed by atoms with Crippen LogP contribution < -0.4 is 10.1 Å². The first kappa shape index (κ1) is 15.2. The van der Waals surface area contributed by atoms with Crippen LogP contribution in [0.4, 0.5) is 14.5 Å². The molecule has 0 amide bonds. The smallest absolute Gasteiger partial charge is 0.264 e. The van der Waals surface area contributed by atoms with Gasteiger partial charge in [-0.15, -0.1) is 0 Å². The minimum atomic E-state index is -2.54. The van der Waals surface area contributed by atoms with Crippen molar-refractivity contribution in [2.45, 2.75) is 26.9 Å². The second-order valence-electron chi connectivity index (χ2n) is 4.79. The van der Waals surface area contributed by atoms with E-state index in [4.69, 9.17) is 4.74 Å². The third kappa shape index (κ3) is 3.48. The molecule has 112 valence electrons. The number of nitrogens with one attached hydrogen (secondary N) is 1. The molecule has 2 aromatic rings. The molecule has 0 spiro atoms. The SMILES string of the molecule is CNc1cccc(C(F)F)c1COc1nc(C)ccc1C. The number of halogens is 2. The first-order valence-corrected chi connectivity index (χ1v) is 6.67. The molecular formula is C16H18F2N2O. The molecule has 5 heteroatoms. The Labute approximate surface area is 123 Å². The van der Waals surface area contributed by atoms with E-state index in [0.29, 0.717) is 17.1 Å². The number of benzene rings is 1. The van der Waals surface area contributed by atoms with E-state index in [1.54, 1.807) is 19.2 Å². The largest absolute Gasteiger partial charge is 0.472 e. The van der Waals surface area contributed by atoms with Gasteiger partial charge in [0.05, 0.1) is 0 Å². The number of aryl methyl sites for hydroxylation is 2. The van der Waals surface area contributed by atoms with E-state index in [2.05, 4.69) is 10.3 Å². The fraction of sp³-hybridized carbons (Fsp3) is 0.312. The molecule has 1 heterocycles. The van der Waals surface area contributed by atoms with E-state index in [-0.39, 0.29) is 12.2 Å². The van der Waals surface area contributed by atoms with E-state index in [1.165, 1.54) is 6.07 Å². The summed E-state index contributed by atoms with van der Waals surface area (Å²) in [6.07, 6.45) is -2.54. The molecule has 1 aromatic carbocycles. The fourth-order valence-corrected chi connectivity index (χ4v) is 2.09. The van der Waals surface area contributed by atoms with Crippen LogP contribution in [-0.2, 0) is 6.61 Å². The van der Waals surface area contributed by atoms with Gasteiger partial charge in [0, 0.05) is 35.1 Å². The molecule has 0 bridgehead atoms. The van der Waals surface area contributed by atoms with Crippen LogP contribution in [0, 0.1) is 13.8 Å². The average molecular weight is 292 g/mol. The minimum absolute atomic E-state index is 0.0212. The molecule has 0 unspecified atom stereocenters. The Kier molecular flexibility index (Phi) is 4.73. The summed E-state index contributed by atoms with van der Waals surface area (Å²) in [5.41, 5.74) is 2.77. The lowest BCUT2D eigenvalue weighted by Crippen LogP contribution is -2.07. The van der Waals surface area contributed by atoms with Gasteiger partial charge in [-0.1, -0.05) is 18.2 Å². The van der Waals surface area contributed by atoms with Crippen LogP contribution in [0.5, 0.6) is 5.88 Å². The van der Waals surface area contributed by atoms with Crippen molar-refractivity contribution >= 4 is 5.69 Å². The quantitative estimate of drug-likeness (QED) is 0.894. The fourth-order valence-electron chi connectivity index (χ4n) is 2.09. The normalized spacial score (nSPS) is 10.8. The predicted octanol–water partition coefficient (Wildman–Crippen LogP) is 4.26. The maximum Gasteiger partial charge on any atom is 0.264 e. The summed E-state index contributed by atoms with van der Waals surface area (Å²) in [4.78, 5) is 4.29. The number of anilines is 1. The number of nitrogens with zero attached hydrogens (tertiary/aromatic N) is 1. The highest BCUT2D eigenvalue weighted by Crippen LogP contribution is 2.29. The lowest BCUT2D eigenvalue weighted by molar-refractivity contribution is 0.148. The van der Waals surface area contributed by atoms with E-state index < -0.39 is 6.43 Å².